The Kier molecular flexibility index (Phi) is 3.63. The van der Waals surface area contributed by atoms with Crippen LogP contribution in [0.2, 0.25) is 0 Å². The molecule has 94 valence electrons. The minimum Gasteiger partial charge on any atom is -0.459 e. The Morgan fingerprint density at radius 3 is 2.50 bits per heavy atom. The number of nitrogens with zero attached hydrogens (tertiary/aromatic N) is 3. The number of carbonyl (C=O) groups is 2. The Labute approximate surface area is 104 Å². The van der Waals surface area contributed by atoms with Crippen molar-refractivity contribution >= 4 is 11.8 Å². The molecule has 0 radical (unpaired) electrons. The molecule has 1 aromatic rings. The fourth-order valence-corrected chi connectivity index (χ4v) is 1.89. The molecule has 0 aromatic carbocycles. The summed E-state index contributed by atoms with van der Waals surface area (Å²) in [6.45, 7) is 1.87. The van der Waals surface area contributed by atoms with Crippen LogP contribution in [-0.2, 0) is 4.79 Å². The molecule has 1 aromatic heterocycles. The van der Waals surface area contributed by atoms with Crippen LogP contribution >= 0.6 is 0 Å². The quantitative estimate of drug-likeness (QED) is 0.761. The highest BCUT2D eigenvalue weighted by Crippen LogP contribution is 2.09. The molecule has 0 saturated carbocycles. The molecule has 0 atom stereocenters. The Bertz CT molecular complexity index is 467. The Morgan fingerprint density at radius 2 is 1.94 bits per heavy atom. The van der Waals surface area contributed by atoms with Gasteiger partial charge in [-0.2, -0.15) is 5.26 Å². The topological polar surface area (TPSA) is 77.5 Å². The summed E-state index contributed by atoms with van der Waals surface area (Å²) in [5.41, 5.74) is 0. The van der Waals surface area contributed by atoms with Crippen molar-refractivity contribution < 1.29 is 14.0 Å². The van der Waals surface area contributed by atoms with Gasteiger partial charge in [-0.15, -0.1) is 0 Å². The monoisotopic (exact) mass is 247 g/mol. The third-order valence-corrected chi connectivity index (χ3v) is 2.88. The molecule has 0 spiro atoms. The molecule has 2 heterocycles. The SMILES string of the molecule is N#CCC(=O)N1CCN(C(=O)c2ccco2)CC1. The van der Waals surface area contributed by atoms with Crippen molar-refractivity contribution in [3.05, 3.63) is 24.2 Å². The summed E-state index contributed by atoms with van der Waals surface area (Å²) >= 11 is 0. The van der Waals surface area contributed by atoms with Gasteiger partial charge in [0, 0.05) is 26.2 Å². The average Bonchev–Trinajstić information content (AvgIpc) is 2.92. The lowest BCUT2D eigenvalue weighted by molar-refractivity contribution is -0.131. The summed E-state index contributed by atoms with van der Waals surface area (Å²) in [6, 6.07) is 5.12. The first-order chi connectivity index (χ1) is 8.72. The second-order valence-electron chi connectivity index (χ2n) is 3.99. The molecule has 1 aliphatic rings. The lowest BCUT2D eigenvalue weighted by Gasteiger charge is -2.33. The van der Waals surface area contributed by atoms with E-state index in [9.17, 15) is 9.59 Å². The van der Waals surface area contributed by atoms with Crippen molar-refractivity contribution in [2.24, 2.45) is 0 Å². The van der Waals surface area contributed by atoms with E-state index in [0.29, 0.717) is 31.9 Å². The number of hydrogen-bond acceptors (Lipinski definition) is 4. The molecule has 0 bridgehead atoms. The van der Waals surface area contributed by atoms with Crippen LogP contribution in [0, 0.1) is 11.3 Å². The lowest BCUT2D eigenvalue weighted by Crippen LogP contribution is -2.50. The van der Waals surface area contributed by atoms with Gasteiger partial charge in [0.15, 0.2) is 5.76 Å². The van der Waals surface area contributed by atoms with E-state index in [1.54, 1.807) is 21.9 Å². The van der Waals surface area contributed by atoms with E-state index in [0.717, 1.165) is 0 Å². The second kappa shape index (κ2) is 5.36. The first-order valence-electron chi connectivity index (χ1n) is 5.70. The van der Waals surface area contributed by atoms with Gasteiger partial charge >= 0.3 is 0 Å². The normalized spacial score (nSPS) is 15.3. The highest BCUT2D eigenvalue weighted by atomic mass is 16.3. The third kappa shape index (κ3) is 2.51. The maximum absolute atomic E-state index is 11.9. The number of nitriles is 1. The lowest BCUT2D eigenvalue weighted by atomic mass is 10.2. The second-order valence-corrected chi connectivity index (χ2v) is 3.99. The van der Waals surface area contributed by atoms with Crippen LogP contribution in [0.25, 0.3) is 0 Å². The van der Waals surface area contributed by atoms with Gasteiger partial charge in [0.25, 0.3) is 5.91 Å². The van der Waals surface area contributed by atoms with Crippen molar-refractivity contribution in [2.75, 3.05) is 26.2 Å². The molecule has 0 N–H and O–H groups in total. The first kappa shape index (κ1) is 12.2. The third-order valence-electron chi connectivity index (χ3n) is 2.88. The van der Waals surface area contributed by atoms with Crippen LogP contribution in [-0.4, -0.2) is 47.8 Å². The number of amides is 2. The molecule has 2 amide bonds. The van der Waals surface area contributed by atoms with Gasteiger partial charge in [-0.1, -0.05) is 0 Å². The summed E-state index contributed by atoms with van der Waals surface area (Å²) < 4.78 is 5.05. The van der Waals surface area contributed by atoms with Crippen LogP contribution in [0.4, 0.5) is 0 Å². The molecule has 1 fully saturated rings. The van der Waals surface area contributed by atoms with Gasteiger partial charge in [0.05, 0.1) is 12.3 Å². The van der Waals surface area contributed by atoms with E-state index in [1.165, 1.54) is 6.26 Å². The zero-order valence-electron chi connectivity index (χ0n) is 9.83. The molecular formula is C12H13N3O3. The molecule has 18 heavy (non-hydrogen) atoms. The van der Waals surface area contributed by atoms with Gasteiger partial charge in [-0.3, -0.25) is 9.59 Å². The van der Waals surface area contributed by atoms with E-state index >= 15 is 0 Å². The highest BCUT2D eigenvalue weighted by molar-refractivity contribution is 5.91. The minimum atomic E-state index is -0.178. The van der Waals surface area contributed by atoms with Gasteiger partial charge < -0.3 is 14.2 Å². The first-order valence-corrected chi connectivity index (χ1v) is 5.70. The Hall–Kier alpha value is -2.29. The summed E-state index contributed by atoms with van der Waals surface area (Å²) in [6.07, 6.45) is 1.35. The number of piperazine rings is 1. The van der Waals surface area contributed by atoms with Crippen LogP contribution in [0.3, 0.4) is 0 Å². The largest absolute Gasteiger partial charge is 0.459 e. The van der Waals surface area contributed by atoms with Crippen molar-refractivity contribution in [1.82, 2.24) is 9.80 Å². The number of rotatable bonds is 2. The number of furan rings is 1. The van der Waals surface area contributed by atoms with Gasteiger partial charge in [0.1, 0.15) is 6.42 Å². The summed E-state index contributed by atoms with van der Waals surface area (Å²) in [7, 11) is 0. The van der Waals surface area contributed by atoms with E-state index in [1.807, 2.05) is 6.07 Å². The predicted octanol–water partition coefficient (Wildman–Crippen LogP) is 0.478. The highest BCUT2D eigenvalue weighted by Gasteiger charge is 2.25. The smallest absolute Gasteiger partial charge is 0.289 e. The molecule has 6 heteroatoms. The molecular weight excluding hydrogens is 234 g/mol. The van der Waals surface area contributed by atoms with Crippen LogP contribution in [0.15, 0.2) is 22.8 Å². The molecule has 6 nitrogen and oxygen atoms in total. The Morgan fingerprint density at radius 1 is 1.28 bits per heavy atom. The zero-order valence-corrected chi connectivity index (χ0v) is 9.83. The van der Waals surface area contributed by atoms with Crippen molar-refractivity contribution in [3.8, 4) is 6.07 Å². The molecule has 1 aliphatic heterocycles. The van der Waals surface area contributed by atoms with Gasteiger partial charge in [-0.05, 0) is 12.1 Å². The molecule has 0 aliphatic carbocycles. The maximum Gasteiger partial charge on any atom is 0.289 e. The summed E-state index contributed by atoms with van der Waals surface area (Å²) in [5.74, 6) is -0.0261. The zero-order chi connectivity index (χ0) is 13.0. The number of carbonyl (C=O) groups excluding carboxylic acids is 2. The number of hydrogen-bond donors (Lipinski definition) is 0. The maximum atomic E-state index is 11.9. The fraction of sp³-hybridized carbons (Fsp3) is 0.417. The summed E-state index contributed by atoms with van der Waals surface area (Å²) in [4.78, 5) is 26.7. The van der Waals surface area contributed by atoms with Crippen LogP contribution < -0.4 is 0 Å². The van der Waals surface area contributed by atoms with Gasteiger partial charge in [0.2, 0.25) is 5.91 Å². The van der Waals surface area contributed by atoms with E-state index in [-0.39, 0.29) is 18.2 Å². The van der Waals surface area contributed by atoms with Crippen molar-refractivity contribution in [2.45, 2.75) is 6.42 Å². The van der Waals surface area contributed by atoms with Gasteiger partial charge in [-0.25, -0.2) is 0 Å². The minimum absolute atomic E-state index is 0.105. The Balaban J connectivity index is 1.89. The van der Waals surface area contributed by atoms with Crippen molar-refractivity contribution in [1.29, 1.82) is 5.26 Å². The van der Waals surface area contributed by atoms with E-state index < -0.39 is 0 Å². The fourth-order valence-electron chi connectivity index (χ4n) is 1.89. The van der Waals surface area contributed by atoms with Crippen LogP contribution in [0.1, 0.15) is 17.0 Å². The summed E-state index contributed by atoms with van der Waals surface area (Å²) in [5, 5.41) is 8.46. The average molecular weight is 247 g/mol. The van der Waals surface area contributed by atoms with Crippen LogP contribution in [0.5, 0.6) is 0 Å². The van der Waals surface area contributed by atoms with E-state index in [4.69, 9.17) is 9.68 Å². The standard InChI is InChI=1S/C12H13N3O3/c13-4-3-11(16)14-5-7-15(8-6-14)12(17)10-2-1-9-18-10/h1-2,9H,3,5-8H2. The molecule has 1 saturated heterocycles. The van der Waals surface area contributed by atoms with Crippen molar-refractivity contribution in [3.63, 3.8) is 0 Å². The predicted molar refractivity (Wildman–Crippen MR) is 61.4 cm³/mol. The van der Waals surface area contributed by atoms with E-state index in [2.05, 4.69) is 0 Å². The molecule has 0 unspecified atom stereocenters. The molecule has 2 rings (SSSR count).